The highest BCUT2D eigenvalue weighted by molar-refractivity contribution is 6.36. The van der Waals surface area contributed by atoms with Crippen molar-refractivity contribution in [2.24, 2.45) is 0 Å². The number of hydrogen-bond donors (Lipinski definition) is 1. The molecule has 0 saturated carbocycles. The Morgan fingerprint density at radius 2 is 1.93 bits per heavy atom. The van der Waals surface area contributed by atoms with Gasteiger partial charge >= 0.3 is 0 Å². The lowest BCUT2D eigenvalue weighted by Crippen LogP contribution is -2.14. The van der Waals surface area contributed by atoms with Crippen LogP contribution in [0.15, 0.2) is 63.6 Å². The van der Waals surface area contributed by atoms with Crippen LogP contribution in [0.1, 0.15) is 17.3 Å². The van der Waals surface area contributed by atoms with Crippen molar-refractivity contribution < 1.29 is 18.4 Å². The molecular formula is C21H15Cl2N3O4. The summed E-state index contributed by atoms with van der Waals surface area (Å²) in [6.07, 6.45) is 1.51. The Morgan fingerprint density at radius 3 is 2.70 bits per heavy atom. The van der Waals surface area contributed by atoms with Gasteiger partial charge in [-0.3, -0.25) is 4.79 Å². The summed E-state index contributed by atoms with van der Waals surface area (Å²) in [6.45, 7) is 2.24. The highest BCUT2D eigenvalue weighted by Crippen LogP contribution is 2.35. The first-order valence-electron chi connectivity index (χ1n) is 8.96. The van der Waals surface area contributed by atoms with Crippen molar-refractivity contribution in [2.75, 3.05) is 11.9 Å². The summed E-state index contributed by atoms with van der Waals surface area (Å²) < 4.78 is 16.4. The quantitative estimate of drug-likeness (QED) is 0.395. The minimum absolute atomic E-state index is 0.195. The first-order valence-corrected chi connectivity index (χ1v) is 9.72. The van der Waals surface area contributed by atoms with Crippen LogP contribution in [0.25, 0.3) is 23.1 Å². The Kier molecular flexibility index (Phi) is 5.74. The predicted molar refractivity (Wildman–Crippen MR) is 113 cm³/mol. The third kappa shape index (κ3) is 4.03. The number of amides is 1. The molecule has 2 aromatic heterocycles. The largest absolute Gasteiger partial charge is 0.493 e. The fraction of sp³-hybridized carbons (Fsp3) is 0.0952. The van der Waals surface area contributed by atoms with Crippen LogP contribution in [-0.2, 0) is 0 Å². The van der Waals surface area contributed by atoms with E-state index in [2.05, 4.69) is 15.5 Å². The van der Waals surface area contributed by atoms with E-state index in [1.54, 1.807) is 42.5 Å². The maximum atomic E-state index is 12.8. The van der Waals surface area contributed by atoms with E-state index in [-0.39, 0.29) is 16.8 Å². The first kappa shape index (κ1) is 20.0. The monoisotopic (exact) mass is 443 g/mol. The molecule has 0 unspecified atom stereocenters. The molecular weight excluding hydrogens is 429 g/mol. The normalized spacial score (nSPS) is 10.8. The Bertz CT molecular complexity index is 1190. The molecule has 2 heterocycles. The zero-order chi connectivity index (χ0) is 21.1. The molecule has 0 aliphatic carbocycles. The van der Waals surface area contributed by atoms with Crippen LogP contribution in [0.2, 0.25) is 10.0 Å². The number of rotatable bonds is 6. The Morgan fingerprint density at radius 1 is 1.10 bits per heavy atom. The van der Waals surface area contributed by atoms with E-state index in [0.717, 1.165) is 0 Å². The molecule has 0 radical (unpaired) electrons. The van der Waals surface area contributed by atoms with E-state index < -0.39 is 5.91 Å². The van der Waals surface area contributed by atoms with E-state index in [1.807, 2.05) is 6.92 Å². The highest BCUT2D eigenvalue weighted by Gasteiger charge is 2.19. The fourth-order valence-corrected chi connectivity index (χ4v) is 3.20. The van der Waals surface area contributed by atoms with Crippen LogP contribution in [-0.4, -0.2) is 22.7 Å². The molecule has 2 aromatic carbocycles. The molecule has 0 aliphatic heterocycles. The molecule has 0 saturated heterocycles. The molecule has 7 nitrogen and oxygen atoms in total. The van der Waals surface area contributed by atoms with Crippen LogP contribution in [0.3, 0.4) is 0 Å². The lowest BCUT2D eigenvalue weighted by molar-refractivity contribution is 0.102. The van der Waals surface area contributed by atoms with E-state index in [9.17, 15) is 4.79 Å². The van der Waals surface area contributed by atoms with Crippen molar-refractivity contribution in [3.8, 4) is 28.9 Å². The predicted octanol–water partition coefficient (Wildman–Crippen LogP) is 5.95. The van der Waals surface area contributed by atoms with Crippen LogP contribution in [0.4, 0.5) is 5.69 Å². The van der Waals surface area contributed by atoms with Gasteiger partial charge in [-0.1, -0.05) is 29.3 Å². The van der Waals surface area contributed by atoms with E-state index in [4.69, 9.17) is 36.8 Å². The summed E-state index contributed by atoms with van der Waals surface area (Å²) in [5, 5.41) is 11.4. The number of ether oxygens (including phenoxy) is 1. The Labute approximate surface area is 181 Å². The third-order valence-corrected chi connectivity index (χ3v) is 4.76. The minimum Gasteiger partial charge on any atom is -0.493 e. The second-order valence-electron chi connectivity index (χ2n) is 6.08. The maximum Gasteiger partial charge on any atom is 0.283 e. The topological polar surface area (TPSA) is 90.4 Å². The lowest BCUT2D eigenvalue weighted by atomic mass is 10.1. The molecule has 0 atom stereocenters. The van der Waals surface area contributed by atoms with Gasteiger partial charge < -0.3 is 18.9 Å². The summed E-state index contributed by atoms with van der Waals surface area (Å²) in [6, 6.07) is 13.4. The number of hydrogen-bond acceptors (Lipinski definition) is 6. The number of halogens is 2. The zero-order valence-corrected chi connectivity index (χ0v) is 17.2. The second-order valence-corrected chi connectivity index (χ2v) is 6.90. The summed E-state index contributed by atoms with van der Waals surface area (Å²) >= 11 is 12.6. The molecule has 30 heavy (non-hydrogen) atoms. The standard InChI is InChI=1S/C21H15Cl2N3O4/c1-2-28-16-9-8-12(22)11-14(16)19(27)24-15-6-3-5-13(18(15)23)20-25-26-21(30-20)17-7-4-10-29-17/h3-11H,2H2,1H3,(H,24,27). The van der Waals surface area contributed by atoms with Crippen LogP contribution < -0.4 is 10.1 Å². The molecule has 4 rings (SSSR count). The summed E-state index contributed by atoms with van der Waals surface area (Å²) in [4.78, 5) is 12.8. The minimum atomic E-state index is -0.415. The molecule has 0 spiro atoms. The van der Waals surface area contributed by atoms with Crippen molar-refractivity contribution in [2.45, 2.75) is 6.92 Å². The van der Waals surface area contributed by atoms with Crippen molar-refractivity contribution in [3.63, 3.8) is 0 Å². The summed E-state index contributed by atoms with van der Waals surface area (Å²) in [5.41, 5.74) is 1.14. The van der Waals surface area contributed by atoms with Crippen molar-refractivity contribution >= 4 is 34.8 Å². The fourth-order valence-electron chi connectivity index (χ4n) is 2.78. The van der Waals surface area contributed by atoms with Gasteiger partial charge in [0, 0.05) is 5.02 Å². The van der Waals surface area contributed by atoms with Gasteiger partial charge in [-0.15, -0.1) is 10.2 Å². The first-order chi connectivity index (χ1) is 14.6. The molecule has 152 valence electrons. The van der Waals surface area contributed by atoms with Gasteiger partial charge in [-0.25, -0.2) is 0 Å². The van der Waals surface area contributed by atoms with Gasteiger partial charge in [0.1, 0.15) is 5.75 Å². The third-order valence-electron chi connectivity index (χ3n) is 4.12. The van der Waals surface area contributed by atoms with Crippen LogP contribution in [0.5, 0.6) is 5.75 Å². The number of carbonyl (C=O) groups excluding carboxylic acids is 1. The molecule has 4 aromatic rings. The number of nitrogens with one attached hydrogen (secondary N) is 1. The number of nitrogens with zero attached hydrogens (tertiary/aromatic N) is 2. The number of aromatic nitrogens is 2. The van der Waals surface area contributed by atoms with E-state index in [0.29, 0.717) is 40.0 Å². The number of anilines is 1. The zero-order valence-electron chi connectivity index (χ0n) is 15.7. The second kappa shape index (κ2) is 8.61. The van der Waals surface area contributed by atoms with E-state index in [1.165, 1.54) is 12.3 Å². The molecule has 1 amide bonds. The van der Waals surface area contributed by atoms with Gasteiger partial charge in [-0.05, 0) is 49.4 Å². The SMILES string of the molecule is CCOc1ccc(Cl)cc1C(=O)Nc1cccc(-c2nnc(-c3ccco3)o2)c1Cl. The Balaban J connectivity index is 1.63. The van der Waals surface area contributed by atoms with Crippen molar-refractivity contribution in [1.29, 1.82) is 0 Å². The molecule has 9 heteroatoms. The van der Waals surface area contributed by atoms with Gasteiger partial charge in [0.25, 0.3) is 11.8 Å². The summed E-state index contributed by atoms with van der Waals surface area (Å²) in [5.74, 6) is 0.869. The maximum absolute atomic E-state index is 12.8. The molecule has 1 N–H and O–H groups in total. The van der Waals surface area contributed by atoms with Gasteiger partial charge in [-0.2, -0.15) is 0 Å². The average molecular weight is 444 g/mol. The van der Waals surface area contributed by atoms with E-state index >= 15 is 0 Å². The smallest absolute Gasteiger partial charge is 0.283 e. The lowest BCUT2D eigenvalue weighted by Gasteiger charge is -2.12. The molecule has 0 fully saturated rings. The highest BCUT2D eigenvalue weighted by atomic mass is 35.5. The van der Waals surface area contributed by atoms with Gasteiger partial charge in [0.2, 0.25) is 5.89 Å². The number of benzene rings is 2. The van der Waals surface area contributed by atoms with Crippen molar-refractivity contribution in [1.82, 2.24) is 10.2 Å². The Hall–Kier alpha value is -3.29. The number of carbonyl (C=O) groups is 1. The van der Waals surface area contributed by atoms with Gasteiger partial charge in [0.15, 0.2) is 5.76 Å². The number of furan rings is 1. The van der Waals surface area contributed by atoms with Gasteiger partial charge in [0.05, 0.1) is 34.7 Å². The van der Waals surface area contributed by atoms with Crippen LogP contribution in [0, 0.1) is 0 Å². The summed E-state index contributed by atoms with van der Waals surface area (Å²) in [7, 11) is 0. The van der Waals surface area contributed by atoms with Crippen LogP contribution >= 0.6 is 23.2 Å². The van der Waals surface area contributed by atoms with Crippen molar-refractivity contribution in [3.05, 3.63) is 70.4 Å². The molecule has 0 aliphatic rings. The average Bonchev–Trinajstić information content (AvgIpc) is 3.43. The molecule has 0 bridgehead atoms.